The Labute approximate surface area is 155 Å². The average molecular weight is 350 g/mol. The molecular formula is C22H26N2O2. The summed E-state index contributed by atoms with van der Waals surface area (Å²) in [5.74, 6) is 0.0791. The molecule has 0 radical (unpaired) electrons. The lowest BCUT2D eigenvalue weighted by Crippen LogP contribution is -2.67. The minimum absolute atomic E-state index is 0.0459. The van der Waals surface area contributed by atoms with E-state index in [9.17, 15) is 4.79 Å². The van der Waals surface area contributed by atoms with Crippen molar-refractivity contribution in [2.24, 2.45) is 0 Å². The fourth-order valence-corrected chi connectivity index (χ4v) is 4.20. The van der Waals surface area contributed by atoms with Crippen LogP contribution in [0, 0.1) is 0 Å². The molecule has 0 aromatic heterocycles. The molecule has 2 heterocycles. The van der Waals surface area contributed by atoms with Crippen molar-refractivity contribution in [1.82, 2.24) is 10.0 Å². The average Bonchev–Trinajstić information content (AvgIpc) is 3.00. The molecule has 0 aliphatic carbocycles. The first-order chi connectivity index (χ1) is 12.7. The molecule has 136 valence electrons. The monoisotopic (exact) mass is 350 g/mol. The number of benzene rings is 2. The van der Waals surface area contributed by atoms with Gasteiger partial charge in [0, 0.05) is 12.1 Å². The molecule has 4 heteroatoms. The predicted octanol–water partition coefficient (Wildman–Crippen LogP) is 3.94. The second-order valence-electron chi connectivity index (χ2n) is 7.41. The number of amides is 1. The van der Waals surface area contributed by atoms with Crippen molar-refractivity contribution in [3.63, 3.8) is 0 Å². The fourth-order valence-electron chi connectivity index (χ4n) is 4.20. The Bertz CT molecular complexity index is 739. The summed E-state index contributed by atoms with van der Waals surface area (Å²) >= 11 is 0. The van der Waals surface area contributed by atoms with Crippen LogP contribution >= 0.6 is 0 Å². The summed E-state index contributed by atoms with van der Waals surface area (Å²) in [7, 11) is 0. The van der Waals surface area contributed by atoms with E-state index in [4.69, 9.17) is 4.74 Å². The van der Waals surface area contributed by atoms with E-state index in [1.54, 1.807) is 0 Å². The standard InChI is InChI=1S/C22H26N2O2/c1-16-13-14-17(2)23(16)24-20(19-11-7-4-8-12-19)21(22(24)25)26-15-18-9-5-3-6-10-18/h3-12,16-17,20-21H,13-15H2,1-2H3/t16-,17-,20+,21-/m1/s1. The van der Waals surface area contributed by atoms with E-state index in [1.165, 1.54) is 0 Å². The lowest BCUT2D eigenvalue weighted by Gasteiger charge is -2.53. The van der Waals surface area contributed by atoms with E-state index in [-0.39, 0.29) is 11.9 Å². The van der Waals surface area contributed by atoms with Gasteiger partial charge in [-0.05, 0) is 37.8 Å². The maximum Gasteiger partial charge on any atom is 0.269 e. The highest BCUT2D eigenvalue weighted by atomic mass is 16.5. The summed E-state index contributed by atoms with van der Waals surface area (Å²) in [4.78, 5) is 13.0. The van der Waals surface area contributed by atoms with Crippen molar-refractivity contribution >= 4 is 5.91 Å². The van der Waals surface area contributed by atoms with Crippen LogP contribution < -0.4 is 0 Å². The summed E-state index contributed by atoms with van der Waals surface area (Å²) in [5.41, 5.74) is 2.23. The van der Waals surface area contributed by atoms with Crippen molar-refractivity contribution in [3.05, 3.63) is 71.8 Å². The molecule has 1 amide bonds. The number of β-lactam (4-membered cyclic amide) rings is 1. The van der Waals surface area contributed by atoms with Crippen LogP contribution in [0.4, 0.5) is 0 Å². The molecule has 2 aliphatic heterocycles. The number of hydrazine groups is 1. The highest BCUT2D eigenvalue weighted by molar-refractivity contribution is 5.88. The van der Waals surface area contributed by atoms with Crippen LogP contribution in [0.5, 0.6) is 0 Å². The van der Waals surface area contributed by atoms with Gasteiger partial charge in [0.25, 0.3) is 5.91 Å². The number of ether oxygens (including phenoxy) is 1. The van der Waals surface area contributed by atoms with E-state index in [0.717, 1.165) is 24.0 Å². The molecule has 2 aromatic carbocycles. The Morgan fingerprint density at radius 3 is 2.12 bits per heavy atom. The first-order valence-electron chi connectivity index (χ1n) is 9.48. The van der Waals surface area contributed by atoms with Gasteiger partial charge in [-0.25, -0.2) is 5.01 Å². The van der Waals surface area contributed by atoms with Gasteiger partial charge < -0.3 is 4.74 Å². The highest BCUT2D eigenvalue weighted by Crippen LogP contribution is 2.42. The van der Waals surface area contributed by atoms with Crippen LogP contribution in [0.3, 0.4) is 0 Å². The molecule has 0 saturated carbocycles. The first-order valence-corrected chi connectivity index (χ1v) is 9.48. The highest BCUT2D eigenvalue weighted by Gasteiger charge is 2.54. The molecule has 0 bridgehead atoms. The van der Waals surface area contributed by atoms with Gasteiger partial charge in [-0.1, -0.05) is 60.7 Å². The number of hydrogen-bond acceptors (Lipinski definition) is 3. The molecule has 0 spiro atoms. The number of nitrogens with zero attached hydrogens (tertiary/aromatic N) is 2. The van der Waals surface area contributed by atoms with Gasteiger partial charge in [-0.2, -0.15) is 0 Å². The van der Waals surface area contributed by atoms with Crippen LogP contribution in [0.15, 0.2) is 60.7 Å². The quantitative estimate of drug-likeness (QED) is 0.766. The molecule has 4 atom stereocenters. The predicted molar refractivity (Wildman–Crippen MR) is 101 cm³/mol. The van der Waals surface area contributed by atoms with Crippen molar-refractivity contribution in [2.45, 2.75) is 57.5 Å². The van der Waals surface area contributed by atoms with Gasteiger partial charge in [-0.3, -0.25) is 9.80 Å². The van der Waals surface area contributed by atoms with E-state index in [1.807, 2.05) is 53.5 Å². The Balaban J connectivity index is 1.57. The third-order valence-electron chi connectivity index (χ3n) is 5.59. The lowest BCUT2D eigenvalue weighted by molar-refractivity contribution is -0.221. The second kappa shape index (κ2) is 7.22. The Kier molecular flexibility index (Phi) is 4.79. The van der Waals surface area contributed by atoms with Gasteiger partial charge in [0.15, 0.2) is 6.10 Å². The summed E-state index contributed by atoms with van der Waals surface area (Å²) in [5, 5.41) is 4.22. The summed E-state index contributed by atoms with van der Waals surface area (Å²) in [6.45, 7) is 4.87. The zero-order valence-corrected chi connectivity index (χ0v) is 15.4. The Morgan fingerprint density at radius 2 is 1.50 bits per heavy atom. The molecule has 2 saturated heterocycles. The van der Waals surface area contributed by atoms with Gasteiger partial charge in [-0.15, -0.1) is 0 Å². The SMILES string of the molecule is C[C@@H]1CC[C@@H](C)N1N1C(=O)[C@H](OCc2ccccc2)[C@@H]1c1ccccc1. The lowest BCUT2D eigenvalue weighted by atomic mass is 9.92. The van der Waals surface area contributed by atoms with Crippen LogP contribution in [0.2, 0.25) is 0 Å². The van der Waals surface area contributed by atoms with Crippen LogP contribution in [0.1, 0.15) is 43.9 Å². The largest absolute Gasteiger partial charge is 0.361 e. The van der Waals surface area contributed by atoms with E-state index < -0.39 is 6.10 Å². The smallest absolute Gasteiger partial charge is 0.269 e. The van der Waals surface area contributed by atoms with E-state index in [0.29, 0.717) is 18.7 Å². The Morgan fingerprint density at radius 1 is 0.923 bits per heavy atom. The minimum atomic E-state index is -0.419. The fraction of sp³-hybridized carbons (Fsp3) is 0.409. The maximum absolute atomic E-state index is 13.0. The third-order valence-corrected chi connectivity index (χ3v) is 5.59. The van der Waals surface area contributed by atoms with Crippen LogP contribution in [-0.4, -0.2) is 34.1 Å². The molecule has 2 aromatic rings. The molecule has 4 rings (SSSR count). The van der Waals surface area contributed by atoms with Crippen molar-refractivity contribution < 1.29 is 9.53 Å². The van der Waals surface area contributed by atoms with Crippen molar-refractivity contribution in [2.75, 3.05) is 0 Å². The van der Waals surface area contributed by atoms with Crippen LogP contribution in [0.25, 0.3) is 0 Å². The summed E-state index contributed by atoms with van der Waals surface area (Å²) in [6.07, 6.45) is 1.84. The van der Waals surface area contributed by atoms with E-state index in [2.05, 4.69) is 31.0 Å². The number of carbonyl (C=O) groups is 1. The summed E-state index contributed by atoms with van der Waals surface area (Å²) in [6, 6.07) is 21.0. The topological polar surface area (TPSA) is 32.8 Å². The zero-order valence-electron chi connectivity index (χ0n) is 15.4. The molecule has 4 nitrogen and oxygen atoms in total. The third kappa shape index (κ3) is 3.04. The van der Waals surface area contributed by atoms with Gasteiger partial charge in [0.05, 0.1) is 6.61 Å². The van der Waals surface area contributed by atoms with E-state index >= 15 is 0 Å². The maximum atomic E-state index is 13.0. The number of rotatable bonds is 5. The second-order valence-corrected chi connectivity index (χ2v) is 7.41. The van der Waals surface area contributed by atoms with Crippen molar-refractivity contribution in [3.8, 4) is 0 Å². The molecular weight excluding hydrogens is 324 g/mol. The normalized spacial score (nSPS) is 29.0. The molecule has 26 heavy (non-hydrogen) atoms. The first kappa shape index (κ1) is 17.3. The molecule has 0 N–H and O–H groups in total. The van der Waals surface area contributed by atoms with Gasteiger partial charge in [0.1, 0.15) is 6.04 Å². The zero-order chi connectivity index (χ0) is 18.1. The Hall–Kier alpha value is -2.17. The molecule has 2 aliphatic rings. The number of hydrogen-bond donors (Lipinski definition) is 0. The van der Waals surface area contributed by atoms with Gasteiger partial charge >= 0.3 is 0 Å². The van der Waals surface area contributed by atoms with Crippen molar-refractivity contribution in [1.29, 1.82) is 0 Å². The summed E-state index contributed by atoms with van der Waals surface area (Å²) < 4.78 is 6.09. The van der Waals surface area contributed by atoms with Crippen LogP contribution in [-0.2, 0) is 16.1 Å². The minimum Gasteiger partial charge on any atom is -0.361 e. The molecule has 0 unspecified atom stereocenters. The number of carbonyl (C=O) groups excluding carboxylic acids is 1. The van der Waals surface area contributed by atoms with Gasteiger partial charge in [0.2, 0.25) is 0 Å². The molecule has 2 fully saturated rings.